The number of aromatic nitrogens is 7. The molecule has 0 bridgehead atoms. The first-order valence-electron chi connectivity index (χ1n) is 10.8. The number of aromatic carboxylic acids is 1. The second-order valence-corrected chi connectivity index (χ2v) is 7.83. The first kappa shape index (κ1) is 23.2. The van der Waals surface area contributed by atoms with Crippen LogP contribution in [0.3, 0.4) is 0 Å². The van der Waals surface area contributed by atoms with Gasteiger partial charge < -0.3 is 14.7 Å². The number of methoxy groups -OCH3 is 1. The second-order valence-electron chi connectivity index (χ2n) is 7.83. The van der Waals surface area contributed by atoms with Gasteiger partial charge in [-0.1, -0.05) is 5.21 Å². The van der Waals surface area contributed by atoms with E-state index in [1.54, 1.807) is 15.8 Å². The van der Waals surface area contributed by atoms with Gasteiger partial charge in [0.15, 0.2) is 0 Å². The zero-order valence-corrected chi connectivity index (χ0v) is 18.6. The highest BCUT2D eigenvalue weighted by atomic mass is 16.5. The molecule has 1 aliphatic rings. The average molecular weight is 468 g/mol. The Morgan fingerprint density at radius 2 is 1.97 bits per heavy atom. The van der Waals surface area contributed by atoms with E-state index < -0.39 is 5.97 Å². The molecule has 4 rings (SSSR count). The van der Waals surface area contributed by atoms with Crippen LogP contribution in [0.1, 0.15) is 46.4 Å². The van der Waals surface area contributed by atoms with Crippen molar-refractivity contribution in [2.24, 2.45) is 0 Å². The molecule has 13 nitrogen and oxygen atoms in total. The summed E-state index contributed by atoms with van der Waals surface area (Å²) in [7, 11) is 1.54. The number of rotatable bonds is 7. The molecule has 4 heterocycles. The van der Waals surface area contributed by atoms with Gasteiger partial charge in [0.25, 0.3) is 11.5 Å². The molecule has 0 aromatic carbocycles. The summed E-state index contributed by atoms with van der Waals surface area (Å²) in [6, 6.07) is 2.85. The fourth-order valence-electron chi connectivity index (χ4n) is 3.77. The van der Waals surface area contributed by atoms with Crippen LogP contribution >= 0.6 is 0 Å². The molecule has 3 aromatic heterocycles. The van der Waals surface area contributed by atoms with E-state index in [-0.39, 0.29) is 35.6 Å². The largest absolute Gasteiger partial charge is 0.475 e. The summed E-state index contributed by atoms with van der Waals surface area (Å²) in [5.41, 5.74) is 1.05. The van der Waals surface area contributed by atoms with Crippen LogP contribution in [0.4, 0.5) is 0 Å². The zero-order chi connectivity index (χ0) is 24.1. The molecule has 1 fully saturated rings. The number of carbonyl (C=O) groups excluding carboxylic acids is 1. The molecule has 34 heavy (non-hydrogen) atoms. The third-order valence-corrected chi connectivity index (χ3v) is 5.60. The predicted octanol–water partition coefficient (Wildman–Crippen LogP) is 0.504. The minimum atomic E-state index is -1.20. The quantitative estimate of drug-likeness (QED) is 0.517. The van der Waals surface area contributed by atoms with Crippen LogP contribution in [0, 0.1) is 0 Å². The zero-order valence-electron chi connectivity index (χ0n) is 18.6. The molecule has 1 saturated heterocycles. The number of hydrogen-bond acceptors (Lipinski definition) is 9. The summed E-state index contributed by atoms with van der Waals surface area (Å²) < 4.78 is 7.99. The van der Waals surface area contributed by atoms with Crippen LogP contribution in [-0.4, -0.2) is 83.4 Å². The van der Waals surface area contributed by atoms with Gasteiger partial charge in [0.1, 0.15) is 11.4 Å². The number of hydrogen-bond donors (Lipinski definition) is 1. The molecule has 0 spiro atoms. The molecule has 1 unspecified atom stereocenters. The standard InChI is InChI=1S/C21H24N8O5/c1-34-10-9-28-18(30)5-4-16(25-28)20(31)27-7-2-3-15(6-8-27)29-13-17(24-26-29)14-11-22-19(21(32)33)23-12-14/h4-5,11-13,15H,2-3,6-10H2,1H3,(H,32,33). The fourth-order valence-corrected chi connectivity index (χ4v) is 3.77. The van der Waals surface area contributed by atoms with Crippen molar-refractivity contribution in [3.05, 3.63) is 52.6 Å². The Bertz CT molecular complexity index is 1220. The maximum atomic E-state index is 13.0. The van der Waals surface area contributed by atoms with E-state index in [1.165, 1.54) is 36.3 Å². The summed E-state index contributed by atoms with van der Waals surface area (Å²) in [5.74, 6) is -1.70. The van der Waals surface area contributed by atoms with Crippen LogP contribution in [0.15, 0.2) is 35.5 Å². The summed E-state index contributed by atoms with van der Waals surface area (Å²) in [6.45, 7) is 1.68. The van der Waals surface area contributed by atoms with Gasteiger partial charge in [-0.15, -0.1) is 5.10 Å². The fraction of sp³-hybridized carbons (Fsp3) is 0.429. The monoisotopic (exact) mass is 468 g/mol. The van der Waals surface area contributed by atoms with Crippen molar-refractivity contribution in [2.75, 3.05) is 26.8 Å². The van der Waals surface area contributed by atoms with Crippen molar-refractivity contribution < 1.29 is 19.4 Å². The number of nitrogens with zero attached hydrogens (tertiary/aromatic N) is 8. The van der Waals surface area contributed by atoms with Gasteiger partial charge in [-0.25, -0.2) is 24.1 Å². The lowest BCUT2D eigenvalue weighted by atomic mass is 10.1. The minimum absolute atomic E-state index is 0.0434. The molecular weight excluding hydrogens is 444 g/mol. The first-order valence-corrected chi connectivity index (χ1v) is 10.8. The molecule has 3 aromatic rings. The number of carboxylic acid groups (broad SMARTS) is 1. The van der Waals surface area contributed by atoms with Gasteiger partial charge in [-0.3, -0.25) is 9.59 Å². The highest BCUT2D eigenvalue weighted by Gasteiger charge is 2.24. The van der Waals surface area contributed by atoms with Crippen LogP contribution in [0.25, 0.3) is 11.3 Å². The van der Waals surface area contributed by atoms with Crippen molar-refractivity contribution in [1.29, 1.82) is 0 Å². The van der Waals surface area contributed by atoms with Crippen LogP contribution in [-0.2, 0) is 11.3 Å². The topological polar surface area (TPSA) is 158 Å². The third kappa shape index (κ3) is 5.14. The van der Waals surface area contributed by atoms with Gasteiger partial charge in [0, 0.05) is 44.2 Å². The molecule has 1 amide bonds. The summed E-state index contributed by atoms with van der Waals surface area (Å²) in [4.78, 5) is 45.3. The van der Waals surface area contributed by atoms with Gasteiger partial charge in [-0.05, 0) is 25.3 Å². The highest BCUT2D eigenvalue weighted by Crippen LogP contribution is 2.24. The minimum Gasteiger partial charge on any atom is -0.475 e. The summed E-state index contributed by atoms with van der Waals surface area (Å²) >= 11 is 0. The van der Waals surface area contributed by atoms with E-state index in [4.69, 9.17) is 9.84 Å². The maximum Gasteiger partial charge on any atom is 0.373 e. The maximum absolute atomic E-state index is 13.0. The molecular formula is C21H24N8O5. The number of ether oxygens (including phenoxy) is 1. The molecule has 1 atom stereocenters. The highest BCUT2D eigenvalue weighted by molar-refractivity contribution is 5.92. The Morgan fingerprint density at radius 1 is 1.18 bits per heavy atom. The number of amides is 1. The van der Waals surface area contributed by atoms with Gasteiger partial charge in [-0.2, -0.15) is 5.10 Å². The third-order valence-electron chi connectivity index (χ3n) is 5.60. The van der Waals surface area contributed by atoms with Gasteiger partial charge in [0.05, 0.1) is 25.4 Å². The van der Waals surface area contributed by atoms with E-state index in [9.17, 15) is 14.4 Å². The van der Waals surface area contributed by atoms with Crippen LogP contribution in [0.5, 0.6) is 0 Å². The van der Waals surface area contributed by atoms with E-state index in [0.717, 1.165) is 12.8 Å². The van der Waals surface area contributed by atoms with Crippen molar-refractivity contribution in [3.8, 4) is 11.3 Å². The van der Waals surface area contributed by atoms with Gasteiger partial charge >= 0.3 is 5.97 Å². The van der Waals surface area contributed by atoms with E-state index in [1.807, 2.05) is 0 Å². The summed E-state index contributed by atoms with van der Waals surface area (Å²) in [6.07, 6.45) is 6.82. The molecule has 13 heteroatoms. The molecule has 0 saturated carbocycles. The number of carbonyl (C=O) groups is 2. The van der Waals surface area contributed by atoms with E-state index >= 15 is 0 Å². The smallest absolute Gasteiger partial charge is 0.373 e. The van der Waals surface area contributed by atoms with Crippen molar-refractivity contribution >= 4 is 11.9 Å². The predicted molar refractivity (Wildman–Crippen MR) is 117 cm³/mol. The molecule has 1 aliphatic heterocycles. The Labute approximate surface area is 194 Å². The summed E-state index contributed by atoms with van der Waals surface area (Å²) in [5, 5.41) is 21.5. The molecule has 0 aliphatic carbocycles. The van der Waals surface area contributed by atoms with E-state index in [2.05, 4.69) is 25.4 Å². The lowest BCUT2D eigenvalue weighted by Gasteiger charge is -2.20. The van der Waals surface area contributed by atoms with Crippen molar-refractivity contribution in [2.45, 2.75) is 31.8 Å². The van der Waals surface area contributed by atoms with Crippen molar-refractivity contribution in [3.63, 3.8) is 0 Å². The normalized spacial score (nSPS) is 16.3. The molecule has 1 N–H and O–H groups in total. The lowest BCUT2D eigenvalue weighted by Crippen LogP contribution is -2.35. The van der Waals surface area contributed by atoms with Crippen LogP contribution in [0.2, 0.25) is 0 Å². The number of carboxylic acids is 1. The molecule has 0 radical (unpaired) electrons. The Morgan fingerprint density at radius 3 is 2.71 bits per heavy atom. The second kappa shape index (κ2) is 10.3. The Hall–Kier alpha value is -4.00. The van der Waals surface area contributed by atoms with Crippen LogP contribution < -0.4 is 5.56 Å². The first-order chi connectivity index (χ1) is 16.5. The Balaban J connectivity index is 1.42. The van der Waals surface area contributed by atoms with E-state index in [0.29, 0.717) is 37.4 Å². The average Bonchev–Trinajstić information content (AvgIpc) is 3.21. The number of likely N-dealkylation sites (tertiary alicyclic amines) is 1. The SMILES string of the molecule is COCCn1nc(C(=O)N2CCCC(n3cc(-c4cnc(C(=O)O)nc4)nn3)CC2)ccc1=O. The molecule has 178 valence electrons. The lowest BCUT2D eigenvalue weighted by molar-refractivity contribution is 0.0682. The van der Waals surface area contributed by atoms with Crippen molar-refractivity contribution in [1.82, 2.24) is 39.6 Å². The van der Waals surface area contributed by atoms with Gasteiger partial charge in [0.2, 0.25) is 5.82 Å². The Kier molecular flexibility index (Phi) is 7.01.